The fourth-order valence-corrected chi connectivity index (χ4v) is 3.70. The van der Waals surface area contributed by atoms with Gasteiger partial charge in [0.15, 0.2) is 5.75 Å². The lowest BCUT2D eigenvalue weighted by Gasteiger charge is -2.31. The molecule has 0 bridgehead atoms. The first-order valence-corrected chi connectivity index (χ1v) is 8.67. The highest BCUT2D eigenvalue weighted by Gasteiger charge is 2.25. The first kappa shape index (κ1) is 16.8. The van der Waals surface area contributed by atoms with E-state index in [9.17, 15) is 5.11 Å². The fraction of sp³-hybridized carbons (Fsp3) is 0.562. The Bertz CT molecular complexity index is 690. The van der Waals surface area contributed by atoms with Crippen molar-refractivity contribution in [2.75, 3.05) is 13.7 Å². The third-order valence-electron chi connectivity index (χ3n) is 4.55. The van der Waals surface area contributed by atoms with Gasteiger partial charge in [-0.05, 0) is 26.0 Å². The van der Waals surface area contributed by atoms with Crippen molar-refractivity contribution in [3.8, 4) is 5.75 Å². The number of ether oxygens (including phenoxy) is 1. The predicted molar refractivity (Wildman–Crippen MR) is 92.3 cm³/mol. The minimum Gasteiger partial charge on any atom is -0.489 e. The van der Waals surface area contributed by atoms with Crippen LogP contribution in [0.25, 0.3) is 11.0 Å². The number of nitrogens with one attached hydrogen (secondary N) is 2. The number of hydrogen-bond acceptors (Lipinski definition) is 4. The third-order valence-corrected chi connectivity index (χ3v) is 5.32. The molecule has 0 spiro atoms. The summed E-state index contributed by atoms with van der Waals surface area (Å²) in [6.45, 7) is 0.399. The van der Waals surface area contributed by atoms with Crippen LogP contribution in [-0.4, -0.2) is 34.8 Å². The van der Waals surface area contributed by atoms with Crippen molar-refractivity contribution in [2.24, 2.45) is 5.92 Å². The molecule has 0 radical (unpaired) electrons. The van der Waals surface area contributed by atoms with E-state index < -0.39 is 0 Å². The molecule has 1 aliphatic rings. The minimum atomic E-state index is -0.173. The zero-order valence-electron chi connectivity index (χ0n) is 13.0. The van der Waals surface area contributed by atoms with Gasteiger partial charge in [0.1, 0.15) is 23.0 Å². The number of nitrogens with zero attached hydrogens (tertiary/aromatic N) is 1. The molecule has 2 atom stereocenters. The molecule has 2 unspecified atom stereocenters. The molecule has 2 aromatic rings. The van der Waals surface area contributed by atoms with Gasteiger partial charge < -0.3 is 20.1 Å². The molecule has 1 fully saturated rings. The van der Waals surface area contributed by atoms with Crippen molar-refractivity contribution >= 4 is 34.2 Å². The predicted octanol–water partition coefficient (Wildman–Crippen LogP) is 3.52. The number of aromatic nitrogens is 2. The number of halogens is 2. The van der Waals surface area contributed by atoms with Crippen LogP contribution in [0.4, 0.5) is 0 Å². The Kier molecular flexibility index (Phi) is 5.31. The van der Waals surface area contributed by atoms with Crippen LogP contribution in [-0.2, 0) is 6.61 Å². The summed E-state index contributed by atoms with van der Waals surface area (Å²) in [6.07, 6.45) is 4.78. The minimum absolute atomic E-state index is 0.173. The van der Waals surface area contributed by atoms with Crippen LogP contribution in [0.1, 0.15) is 31.5 Å². The second-order valence-electron chi connectivity index (χ2n) is 5.99. The summed E-state index contributed by atoms with van der Waals surface area (Å²) in [7, 11) is 1.99. The van der Waals surface area contributed by atoms with E-state index in [4.69, 9.17) is 27.9 Å². The quantitative estimate of drug-likeness (QED) is 0.765. The van der Waals surface area contributed by atoms with Crippen molar-refractivity contribution in [1.82, 2.24) is 15.3 Å². The molecule has 1 saturated carbocycles. The molecule has 126 valence electrons. The van der Waals surface area contributed by atoms with Gasteiger partial charge in [-0.15, -0.1) is 0 Å². The molecular formula is C16H21Cl2N3O2. The van der Waals surface area contributed by atoms with Crippen LogP contribution in [0.3, 0.4) is 0 Å². The maximum absolute atomic E-state index is 9.26. The Hall–Kier alpha value is -1.01. The molecule has 0 amide bonds. The molecule has 0 aliphatic heterocycles. The van der Waals surface area contributed by atoms with Crippen molar-refractivity contribution < 1.29 is 9.84 Å². The highest BCUT2D eigenvalue weighted by atomic mass is 35.5. The Morgan fingerprint density at radius 3 is 2.91 bits per heavy atom. The molecule has 3 rings (SSSR count). The Morgan fingerprint density at radius 1 is 1.39 bits per heavy atom. The summed E-state index contributed by atoms with van der Waals surface area (Å²) in [5.41, 5.74) is 1.33. The van der Waals surface area contributed by atoms with Gasteiger partial charge in [-0.3, -0.25) is 0 Å². The monoisotopic (exact) mass is 357 g/mol. The summed E-state index contributed by atoms with van der Waals surface area (Å²) in [5.74, 6) is 1.40. The number of fused-ring (bicyclic) bond motifs is 1. The summed E-state index contributed by atoms with van der Waals surface area (Å²) < 4.78 is 6.04. The van der Waals surface area contributed by atoms with Gasteiger partial charge in [0.2, 0.25) is 0 Å². The fourth-order valence-electron chi connectivity index (χ4n) is 3.30. The van der Waals surface area contributed by atoms with Crippen LogP contribution in [0.15, 0.2) is 6.07 Å². The Morgan fingerprint density at radius 2 is 2.17 bits per heavy atom. The lowest BCUT2D eigenvalue weighted by Crippen LogP contribution is -2.39. The van der Waals surface area contributed by atoms with Crippen molar-refractivity contribution in [3.63, 3.8) is 0 Å². The molecule has 7 heteroatoms. The molecule has 3 N–H and O–H groups in total. The highest BCUT2D eigenvalue weighted by molar-refractivity contribution is 6.44. The SMILES string of the molecule is CNC1CCCCC1COc1c(Cl)c(Cl)cc2[nH]c(CO)nc12. The average Bonchev–Trinajstić information content (AvgIpc) is 2.98. The molecular weight excluding hydrogens is 337 g/mol. The van der Waals surface area contributed by atoms with Crippen LogP contribution in [0, 0.1) is 5.92 Å². The molecule has 1 heterocycles. The van der Waals surface area contributed by atoms with Crippen molar-refractivity contribution in [2.45, 2.75) is 38.3 Å². The second-order valence-corrected chi connectivity index (χ2v) is 6.78. The zero-order chi connectivity index (χ0) is 16.4. The van der Waals surface area contributed by atoms with Gasteiger partial charge in [0, 0.05) is 12.0 Å². The number of imidazole rings is 1. The Balaban J connectivity index is 1.86. The van der Waals surface area contributed by atoms with E-state index in [-0.39, 0.29) is 6.61 Å². The largest absolute Gasteiger partial charge is 0.489 e. The van der Waals surface area contributed by atoms with E-state index in [0.717, 1.165) is 6.42 Å². The lowest BCUT2D eigenvalue weighted by molar-refractivity contribution is 0.174. The second kappa shape index (κ2) is 7.26. The first-order chi connectivity index (χ1) is 11.1. The van der Waals surface area contributed by atoms with Gasteiger partial charge in [0.25, 0.3) is 0 Å². The maximum atomic E-state index is 9.26. The average molecular weight is 358 g/mol. The van der Waals surface area contributed by atoms with Crippen LogP contribution < -0.4 is 10.1 Å². The van der Waals surface area contributed by atoms with E-state index in [1.54, 1.807) is 6.07 Å². The molecule has 1 aromatic carbocycles. The number of hydrogen-bond donors (Lipinski definition) is 3. The third kappa shape index (κ3) is 3.43. The van der Waals surface area contributed by atoms with Crippen LogP contribution >= 0.6 is 23.2 Å². The molecule has 23 heavy (non-hydrogen) atoms. The van der Waals surface area contributed by atoms with Gasteiger partial charge in [-0.1, -0.05) is 36.0 Å². The lowest BCUT2D eigenvalue weighted by atomic mass is 9.85. The number of rotatable bonds is 5. The van der Waals surface area contributed by atoms with E-state index >= 15 is 0 Å². The van der Waals surface area contributed by atoms with Crippen LogP contribution in [0.5, 0.6) is 5.75 Å². The summed E-state index contributed by atoms with van der Waals surface area (Å²) in [4.78, 5) is 7.36. The summed E-state index contributed by atoms with van der Waals surface area (Å²) in [5, 5.41) is 13.4. The number of aliphatic hydroxyl groups is 1. The van der Waals surface area contributed by atoms with Crippen molar-refractivity contribution in [1.29, 1.82) is 0 Å². The van der Waals surface area contributed by atoms with E-state index in [1.165, 1.54) is 19.3 Å². The van der Waals surface area contributed by atoms with Gasteiger partial charge >= 0.3 is 0 Å². The zero-order valence-corrected chi connectivity index (χ0v) is 14.5. The standard InChI is InChI=1S/C16H21Cl2N3O2/c1-19-11-5-3-2-4-9(11)8-23-16-14(18)10(17)6-12-15(16)21-13(7-22)20-12/h6,9,11,19,22H,2-5,7-8H2,1H3,(H,20,21). The van der Waals surface area contributed by atoms with E-state index in [2.05, 4.69) is 15.3 Å². The number of aliphatic hydroxyl groups excluding tert-OH is 1. The van der Waals surface area contributed by atoms with Crippen LogP contribution in [0.2, 0.25) is 10.0 Å². The Labute approximate surface area is 145 Å². The summed E-state index contributed by atoms with van der Waals surface area (Å²) >= 11 is 12.5. The highest BCUT2D eigenvalue weighted by Crippen LogP contribution is 2.39. The maximum Gasteiger partial charge on any atom is 0.167 e. The van der Waals surface area contributed by atoms with Crippen molar-refractivity contribution in [3.05, 3.63) is 21.9 Å². The topological polar surface area (TPSA) is 70.2 Å². The first-order valence-electron chi connectivity index (χ1n) is 7.91. The van der Waals surface area contributed by atoms with E-state index in [0.29, 0.717) is 51.2 Å². The number of benzene rings is 1. The van der Waals surface area contributed by atoms with Gasteiger partial charge in [0.05, 0.1) is 17.1 Å². The molecule has 5 nitrogen and oxygen atoms in total. The van der Waals surface area contributed by atoms with Gasteiger partial charge in [-0.25, -0.2) is 4.98 Å². The number of aromatic amines is 1. The van der Waals surface area contributed by atoms with E-state index in [1.807, 2.05) is 7.05 Å². The molecule has 0 saturated heterocycles. The smallest absolute Gasteiger partial charge is 0.167 e. The number of H-pyrrole nitrogens is 1. The summed E-state index contributed by atoms with van der Waals surface area (Å²) in [6, 6.07) is 2.17. The molecule has 1 aromatic heterocycles. The molecule has 1 aliphatic carbocycles. The normalized spacial score (nSPS) is 21.7. The van der Waals surface area contributed by atoms with Gasteiger partial charge in [-0.2, -0.15) is 0 Å².